The third-order valence-corrected chi connectivity index (χ3v) is 3.54. The average Bonchev–Trinajstić information content (AvgIpc) is 2.44. The third-order valence-electron chi connectivity index (χ3n) is 2.68. The van der Waals surface area contributed by atoms with Gasteiger partial charge in [-0.05, 0) is 17.7 Å². The van der Waals surface area contributed by atoms with Gasteiger partial charge in [0.05, 0.1) is 10.0 Å². The van der Waals surface area contributed by atoms with E-state index >= 15 is 0 Å². The molecule has 2 rings (SSSR count). The predicted octanol–water partition coefficient (Wildman–Crippen LogP) is 2.35. The first-order valence-electron chi connectivity index (χ1n) is 5.73. The van der Waals surface area contributed by atoms with Gasteiger partial charge in [0.1, 0.15) is 5.69 Å². The van der Waals surface area contributed by atoms with Crippen LogP contribution in [-0.4, -0.2) is 28.1 Å². The standard InChI is InChI=1S/C13H11Cl2N3O2/c1-18(7-8-3-2-4-9(14)12(8)15)13(20)10-5-6-11(19)17-16-10/h2-6H,7H2,1H3,(H,17,19). The zero-order valence-electron chi connectivity index (χ0n) is 10.6. The molecule has 0 saturated heterocycles. The molecular formula is C13H11Cl2N3O2. The Morgan fingerprint density at radius 1 is 1.30 bits per heavy atom. The van der Waals surface area contributed by atoms with E-state index in [-0.39, 0.29) is 17.2 Å². The Morgan fingerprint density at radius 3 is 2.70 bits per heavy atom. The van der Waals surface area contributed by atoms with Crippen molar-refractivity contribution < 1.29 is 4.79 Å². The molecule has 104 valence electrons. The van der Waals surface area contributed by atoms with Gasteiger partial charge in [-0.25, -0.2) is 5.10 Å². The summed E-state index contributed by atoms with van der Waals surface area (Å²) >= 11 is 12.0. The summed E-state index contributed by atoms with van der Waals surface area (Å²) in [6.45, 7) is 0.291. The number of rotatable bonds is 3. The fourth-order valence-corrected chi connectivity index (χ4v) is 2.04. The Hall–Kier alpha value is -1.85. The monoisotopic (exact) mass is 311 g/mol. The predicted molar refractivity (Wildman–Crippen MR) is 77.1 cm³/mol. The van der Waals surface area contributed by atoms with Gasteiger partial charge >= 0.3 is 0 Å². The van der Waals surface area contributed by atoms with Crippen molar-refractivity contribution in [2.75, 3.05) is 7.05 Å². The Bertz CT molecular complexity index is 680. The minimum atomic E-state index is -0.359. The molecule has 0 unspecified atom stereocenters. The number of aromatic nitrogens is 2. The summed E-state index contributed by atoms with van der Waals surface area (Å²) in [7, 11) is 1.62. The number of hydrogen-bond donors (Lipinski definition) is 1. The fourth-order valence-electron chi connectivity index (χ4n) is 1.66. The Labute approximate surface area is 125 Å². The summed E-state index contributed by atoms with van der Waals surface area (Å²) in [6, 6.07) is 7.86. The smallest absolute Gasteiger partial charge is 0.274 e. The second-order valence-corrected chi connectivity index (χ2v) is 4.97. The highest BCUT2D eigenvalue weighted by molar-refractivity contribution is 6.42. The second kappa shape index (κ2) is 6.07. The zero-order valence-corrected chi connectivity index (χ0v) is 12.1. The number of nitrogens with zero attached hydrogens (tertiary/aromatic N) is 2. The normalized spacial score (nSPS) is 10.3. The van der Waals surface area contributed by atoms with E-state index < -0.39 is 0 Å². The van der Waals surface area contributed by atoms with E-state index in [0.29, 0.717) is 16.6 Å². The Balaban J connectivity index is 2.17. The van der Waals surface area contributed by atoms with Gasteiger partial charge in [-0.1, -0.05) is 35.3 Å². The molecule has 0 bridgehead atoms. The van der Waals surface area contributed by atoms with Gasteiger partial charge < -0.3 is 4.90 Å². The summed E-state index contributed by atoms with van der Waals surface area (Å²) in [6.07, 6.45) is 0. The van der Waals surface area contributed by atoms with Crippen molar-refractivity contribution >= 4 is 29.1 Å². The maximum absolute atomic E-state index is 12.1. The van der Waals surface area contributed by atoms with Gasteiger partial charge in [0, 0.05) is 19.7 Å². The van der Waals surface area contributed by atoms with Crippen molar-refractivity contribution in [2.45, 2.75) is 6.54 Å². The molecule has 0 atom stereocenters. The lowest BCUT2D eigenvalue weighted by Gasteiger charge is -2.17. The number of carbonyl (C=O) groups is 1. The highest BCUT2D eigenvalue weighted by Gasteiger charge is 2.15. The van der Waals surface area contributed by atoms with Crippen LogP contribution in [0.15, 0.2) is 35.1 Å². The maximum Gasteiger partial charge on any atom is 0.274 e. The first kappa shape index (κ1) is 14.6. The second-order valence-electron chi connectivity index (χ2n) is 4.18. The first-order chi connectivity index (χ1) is 9.49. The zero-order chi connectivity index (χ0) is 14.7. The van der Waals surface area contributed by atoms with Crippen LogP contribution in [-0.2, 0) is 6.54 Å². The molecule has 0 radical (unpaired) electrons. The molecule has 0 fully saturated rings. The first-order valence-corrected chi connectivity index (χ1v) is 6.48. The Kier molecular flexibility index (Phi) is 4.42. The molecule has 0 aliphatic heterocycles. The number of carbonyl (C=O) groups excluding carboxylic acids is 1. The number of hydrogen-bond acceptors (Lipinski definition) is 3. The molecule has 20 heavy (non-hydrogen) atoms. The molecule has 1 amide bonds. The maximum atomic E-state index is 12.1. The summed E-state index contributed by atoms with van der Waals surface area (Å²) in [5.41, 5.74) is 0.534. The van der Waals surface area contributed by atoms with Gasteiger partial charge in [0.15, 0.2) is 0 Å². The molecule has 1 heterocycles. The van der Waals surface area contributed by atoms with Crippen LogP contribution in [0.25, 0.3) is 0 Å². The lowest BCUT2D eigenvalue weighted by atomic mass is 10.2. The number of benzene rings is 1. The van der Waals surface area contributed by atoms with Gasteiger partial charge in [-0.2, -0.15) is 5.10 Å². The van der Waals surface area contributed by atoms with E-state index in [4.69, 9.17) is 23.2 Å². The van der Waals surface area contributed by atoms with Crippen molar-refractivity contribution in [1.29, 1.82) is 0 Å². The van der Waals surface area contributed by atoms with Crippen molar-refractivity contribution in [3.8, 4) is 0 Å². The van der Waals surface area contributed by atoms with Gasteiger partial charge in [0.2, 0.25) is 0 Å². The van der Waals surface area contributed by atoms with Gasteiger partial charge in [-0.15, -0.1) is 0 Å². The molecule has 0 aliphatic carbocycles. The van der Waals surface area contributed by atoms with Crippen LogP contribution in [0.5, 0.6) is 0 Å². The quantitative estimate of drug-likeness (QED) is 0.946. The van der Waals surface area contributed by atoms with Crippen LogP contribution >= 0.6 is 23.2 Å². The molecule has 1 aromatic carbocycles. The number of halogens is 2. The van der Waals surface area contributed by atoms with Gasteiger partial charge in [-0.3, -0.25) is 9.59 Å². The number of H-pyrrole nitrogens is 1. The highest BCUT2D eigenvalue weighted by atomic mass is 35.5. The van der Waals surface area contributed by atoms with Gasteiger partial charge in [0.25, 0.3) is 11.5 Å². The molecular weight excluding hydrogens is 301 g/mol. The molecule has 2 aromatic rings. The largest absolute Gasteiger partial charge is 0.336 e. The summed E-state index contributed by atoms with van der Waals surface area (Å²) in [4.78, 5) is 24.5. The van der Waals surface area contributed by atoms with Crippen LogP contribution in [0.4, 0.5) is 0 Å². The third kappa shape index (κ3) is 3.18. The average molecular weight is 312 g/mol. The van der Waals surface area contributed by atoms with Crippen molar-refractivity contribution in [2.24, 2.45) is 0 Å². The van der Waals surface area contributed by atoms with Crippen molar-refractivity contribution in [3.05, 3.63) is 62.0 Å². The molecule has 1 aromatic heterocycles. The molecule has 1 N–H and O–H groups in total. The number of amides is 1. The van der Waals surface area contributed by atoms with E-state index in [1.165, 1.54) is 17.0 Å². The molecule has 0 saturated carbocycles. The van der Waals surface area contributed by atoms with Crippen LogP contribution in [0.1, 0.15) is 16.1 Å². The highest BCUT2D eigenvalue weighted by Crippen LogP contribution is 2.26. The minimum Gasteiger partial charge on any atom is -0.336 e. The molecule has 5 nitrogen and oxygen atoms in total. The summed E-state index contributed by atoms with van der Waals surface area (Å²) < 4.78 is 0. The lowest BCUT2D eigenvalue weighted by molar-refractivity contribution is 0.0778. The minimum absolute atomic E-state index is 0.158. The van der Waals surface area contributed by atoms with E-state index in [2.05, 4.69) is 10.2 Å². The summed E-state index contributed by atoms with van der Waals surface area (Å²) in [5, 5.41) is 6.77. The molecule has 7 heteroatoms. The lowest BCUT2D eigenvalue weighted by Crippen LogP contribution is -2.28. The topological polar surface area (TPSA) is 66.1 Å². The SMILES string of the molecule is CN(Cc1cccc(Cl)c1Cl)C(=O)c1ccc(=O)[nH]n1. The van der Waals surface area contributed by atoms with Crippen molar-refractivity contribution in [3.63, 3.8) is 0 Å². The molecule has 0 aliphatic rings. The van der Waals surface area contributed by atoms with Crippen LogP contribution < -0.4 is 5.56 Å². The van der Waals surface area contributed by atoms with Crippen LogP contribution in [0, 0.1) is 0 Å². The fraction of sp³-hybridized carbons (Fsp3) is 0.154. The summed E-state index contributed by atoms with van der Waals surface area (Å²) in [5.74, 6) is -0.322. The van der Waals surface area contributed by atoms with E-state index in [9.17, 15) is 9.59 Å². The number of aromatic amines is 1. The molecule has 0 spiro atoms. The number of nitrogens with one attached hydrogen (secondary N) is 1. The van der Waals surface area contributed by atoms with E-state index in [1.54, 1.807) is 25.2 Å². The van der Waals surface area contributed by atoms with Crippen molar-refractivity contribution in [1.82, 2.24) is 15.1 Å². The Morgan fingerprint density at radius 2 is 2.05 bits per heavy atom. The van der Waals surface area contributed by atoms with Crippen LogP contribution in [0.2, 0.25) is 10.0 Å². The van der Waals surface area contributed by atoms with E-state index in [1.807, 2.05) is 0 Å². The van der Waals surface area contributed by atoms with E-state index in [0.717, 1.165) is 5.56 Å². The van der Waals surface area contributed by atoms with Crippen LogP contribution in [0.3, 0.4) is 0 Å².